The van der Waals surface area contributed by atoms with Crippen molar-refractivity contribution in [1.82, 2.24) is 10.3 Å². The minimum Gasteiger partial charge on any atom is -0.378 e. The van der Waals surface area contributed by atoms with Crippen molar-refractivity contribution in [2.24, 2.45) is 0 Å². The Morgan fingerprint density at radius 1 is 1.32 bits per heavy atom. The number of fused-ring (bicyclic) bond motifs is 1. The van der Waals surface area contributed by atoms with Crippen LogP contribution in [-0.4, -0.2) is 55.7 Å². The summed E-state index contributed by atoms with van der Waals surface area (Å²) in [6.07, 6.45) is 2.52. The number of ether oxygens (including phenoxy) is 2. The molecule has 0 unspecified atom stereocenters. The van der Waals surface area contributed by atoms with Crippen molar-refractivity contribution in [2.45, 2.75) is 18.9 Å². The zero-order valence-electron chi connectivity index (χ0n) is 14.0. The Morgan fingerprint density at radius 3 is 3.00 bits per heavy atom. The quantitative estimate of drug-likeness (QED) is 0.793. The minimum atomic E-state index is 0.278. The minimum absolute atomic E-state index is 0.278. The lowest BCUT2D eigenvalue weighted by atomic mass is 10.2. The van der Waals surface area contributed by atoms with Crippen molar-refractivity contribution in [3.63, 3.8) is 0 Å². The number of thiocarbonyl (C=S) groups is 1. The van der Waals surface area contributed by atoms with Gasteiger partial charge in [-0.2, -0.15) is 0 Å². The average molecular weight is 379 g/mol. The number of anilines is 2. The van der Waals surface area contributed by atoms with Crippen molar-refractivity contribution in [2.75, 3.05) is 49.7 Å². The molecule has 2 aliphatic heterocycles. The molecule has 0 spiro atoms. The monoisotopic (exact) mass is 378 g/mol. The molecule has 1 aromatic carbocycles. The van der Waals surface area contributed by atoms with Gasteiger partial charge in [-0.05, 0) is 43.3 Å². The first kappa shape index (κ1) is 17.0. The normalized spacial score (nSPS) is 20.8. The van der Waals surface area contributed by atoms with E-state index in [0.29, 0.717) is 5.11 Å². The van der Waals surface area contributed by atoms with Gasteiger partial charge in [-0.15, -0.1) is 0 Å². The fraction of sp³-hybridized carbons (Fsp3) is 0.529. The van der Waals surface area contributed by atoms with E-state index in [1.54, 1.807) is 11.3 Å². The van der Waals surface area contributed by atoms with Crippen molar-refractivity contribution in [3.8, 4) is 0 Å². The molecule has 2 fully saturated rings. The first-order valence-electron chi connectivity index (χ1n) is 8.68. The van der Waals surface area contributed by atoms with E-state index in [9.17, 15) is 0 Å². The summed E-state index contributed by atoms with van der Waals surface area (Å²) < 4.78 is 12.2. The van der Waals surface area contributed by atoms with Crippen LogP contribution in [0.1, 0.15) is 12.8 Å². The standard InChI is InChI=1S/C17H22N4O2S2/c24-16(18-11-13-2-1-7-23-13)19-12-3-4-14-15(10-12)25-17(20-14)21-5-8-22-9-6-21/h3-4,10,13H,1-2,5-9,11H2,(H2,18,19,24)/t13-/m1/s1. The zero-order valence-corrected chi connectivity index (χ0v) is 15.6. The summed E-state index contributed by atoms with van der Waals surface area (Å²) in [6.45, 7) is 4.97. The summed E-state index contributed by atoms with van der Waals surface area (Å²) in [4.78, 5) is 7.03. The number of aromatic nitrogens is 1. The third-order valence-electron chi connectivity index (χ3n) is 4.43. The Morgan fingerprint density at radius 2 is 2.20 bits per heavy atom. The van der Waals surface area contributed by atoms with E-state index >= 15 is 0 Å². The summed E-state index contributed by atoms with van der Waals surface area (Å²) in [5.74, 6) is 0. The molecule has 25 heavy (non-hydrogen) atoms. The van der Waals surface area contributed by atoms with Gasteiger partial charge >= 0.3 is 0 Å². The summed E-state index contributed by atoms with van der Waals surface area (Å²) in [6, 6.07) is 6.17. The topological polar surface area (TPSA) is 58.7 Å². The molecule has 0 bridgehead atoms. The molecule has 2 aromatic rings. The third kappa shape index (κ3) is 4.20. The van der Waals surface area contributed by atoms with Crippen molar-refractivity contribution >= 4 is 49.7 Å². The second kappa shape index (κ2) is 7.82. The highest BCUT2D eigenvalue weighted by Crippen LogP contribution is 2.31. The first-order valence-corrected chi connectivity index (χ1v) is 9.90. The van der Waals surface area contributed by atoms with Crippen LogP contribution in [-0.2, 0) is 9.47 Å². The number of rotatable bonds is 4. The highest BCUT2D eigenvalue weighted by molar-refractivity contribution is 7.80. The van der Waals surface area contributed by atoms with Gasteiger partial charge in [0.25, 0.3) is 0 Å². The Balaban J connectivity index is 1.39. The van der Waals surface area contributed by atoms with Gasteiger partial charge in [0.05, 0.1) is 29.5 Å². The van der Waals surface area contributed by atoms with E-state index in [1.807, 2.05) is 12.1 Å². The number of hydrogen-bond donors (Lipinski definition) is 2. The van der Waals surface area contributed by atoms with Crippen LogP contribution < -0.4 is 15.5 Å². The SMILES string of the molecule is S=C(NC[C@H]1CCCO1)Nc1ccc2nc(N3CCOCC3)sc2c1. The molecule has 4 rings (SSSR count). The van der Waals surface area contributed by atoms with E-state index < -0.39 is 0 Å². The van der Waals surface area contributed by atoms with Crippen molar-refractivity contribution in [1.29, 1.82) is 0 Å². The van der Waals surface area contributed by atoms with Crippen LogP contribution in [0.25, 0.3) is 10.2 Å². The van der Waals surface area contributed by atoms with Crippen LogP contribution in [0, 0.1) is 0 Å². The van der Waals surface area contributed by atoms with Gasteiger partial charge in [0.1, 0.15) is 0 Å². The lowest BCUT2D eigenvalue weighted by molar-refractivity contribution is 0.114. The first-order chi connectivity index (χ1) is 12.3. The summed E-state index contributed by atoms with van der Waals surface area (Å²) in [5.41, 5.74) is 2.00. The van der Waals surface area contributed by atoms with E-state index in [-0.39, 0.29) is 6.10 Å². The zero-order chi connectivity index (χ0) is 17.1. The molecule has 3 heterocycles. The molecule has 134 valence electrons. The molecule has 2 aliphatic rings. The molecule has 2 N–H and O–H groups in total. The molecule has 2 saturated heterocycles. The maximum Gasteiger partial charge on any atom is 0.186 e. The van der Waals surface area contributed by atoms with Crippen molar-refractivity contribution in [3.05, 3.63) is 18.2 Å². The number of morpholine rings is 1. The van der Waals surface area contributed by atoms with Gasteiger partial charge in [0.15, 0.2) is 10.2 Å². The average Bonchev–Trinajstić information content (AvgIpc) is 3.30. The van der Waals surface area contributed by atoms with Crippen molar-refractivity contribution < 1.29 is 9.47 Å². The lowest BCUT2D eigenvalue weighted by Crippen LogP contribution is -2.36. The number of nitrogens with zero attached hydrogens (tertiary/aromatic N) is 2. The molecular formula is C17H22N4O2S2. The highest BCUT2D eigenvalue weighted by atomic mass is 32.1. The Hall–Kier alpha value is -1.48. The molecule has 6 nitrogen and oxygen atoms in total. The molecule has 1 aromatic heterocycles. The Kier molecular flexibility index (Phi) is 5.30. The molecule has 0 aliphatic carbocycles. The fourth-order valence-corrected chi connectivity index (χ4v) is 4.32. The van der Waals surface area contributed by atoms with Gasteiger partial charge in [0.2, 0.25) is 0 Å². The van der Waals surface area contributed by atoms with Gasteiger partial charge in [-0.25, -0.2) is 4.98 Å². The van der Waals surface area contributed by atoms with Crippen LogP contribution in [0.2, 0.25) is 0 Å². The summed E-state index contributed by atoms with van der Waals surface area (Å²) >= 11 is 7.10. The van der Waals surface area contributed by atoms with Crippen LogP contribution >= 0.6 is 23.6 Å². The van der Waals surface area contributed by atoms with Gasteiger partial charge in [0, 0.05) is 31.9 Å². The number of thiazole rings is 1. The summed E-state index contributed by atoms with van der Waals surface area (Å²) in [7, 11) is 0. The van der Waals surface area contributed by atoms with Crippen LogP contribution in [0.15, 0.2) is 18.2 Å². The Bertz CT molecular complexity index is 739. The maximum atomic E-state index is 5.60. The predicted molar refractivity (Wildman–Crippen MR) is 106 cm³/mol. The lowest BCUT2D eigenvalue weighted by Gasteiger charge is -2.25. The van der Waals surface area contributed by atoms with Gasteiger partial charge < -0.3 is 25.0 Å². The Labute approximate surface area is 156 Å². The molecule has 8 heteroatoms. The third-order valence-corrected chi connectivity index (χ3v) is 5.76. The largest absolute Gasteiger partial charge is 0.378 e. The number of hydrogen-bond acceptors (Lipinski definition) is 6. The molecule has 1 atom stereocenters. The molecule has 0 radical (unpaired) electrons. The molecular weight excluding hydrogens is 356 g/mol. The van der Waals surface area contributed by atoms with E-state index in [1.165, 1.54) is 0 Å². The second-order valence-corrected chi connectivity index (χ2v) is 7.67. The second-order valence-electron chi connectivity index (χ2n) is 6.25. The van der Waals surface area contributed by atoms with Crippen LogP contribution in [0.3, 0.4) is 0 Å². The fourth-order valence-electron chi connectivity index (χ4n) is 3.07. The predicted octanol–water partition coefficient (Wildman–Crippen LogP) is 2.60. The van der Waals surface area contributed by atoms with Crippen LogP contribution in [0.4, 0.5) is 10.8 Å². The van der Waals surface area contributed by atoms with Gasteiger partial charge in [-0.3, -0.25) is 0 Å². The van der Waals surface area contributed by atoms with E-state index in [2.05, 4.69) is 21.6 Å². The van der Waals surface area contributed by atoms with E-state index in [0.717, 1.165) is 73.3 Å². The number of nitrogens with one attached hydrogen (secondary N) is 2. The summed E-state index contributed by atoms with van der Waals surface area (Å²) in [5, 5.41) is 8.19. The molecule has 0 amide bonds. The van der Waals surface area contributed by atoms with Crippen LogP contribution in [0.5, 0.6) is 0 Å². The number of benzene rings is 1. The maximum absolute atomic E-state index is 5.60. The smallest absolute Gasteiger partial charge is 0.186 e. The van der Waals surface area contributed by atoms with Gasteiger partial charge in [-0.1, -0.05) is 11.3 Å². The molecule has 0 saturated carbocycles. The van der Waals surface area contributed by atoms with E-state index in [4.69, 9.17) is 26.7 Å². The highest BCUT2D eigenvalue weighted by Gasteiger charge is 2.17.